The lowest BCUT2D eigenvalue weighted by molar-refractivity contribution is -0.140. The van der Waals surface area contributed by atoms with Crippen LogP contribution in [0.5, 0.6) is 17.4 Å². The topological polar surface area (TPSA) is 263 Å². The summed E-state index contributed by atoms with van der Waals surface area (Å²) < 4.78 is 62.4. The molecule has 4 aromatic carbocycles. The van der Waals surface area contributed by atoms with E-state index >= 15 is 4.39 Å². The average molecular weight is 1320 g/mol. The number of benzene rings is 4. The molecule has 0 radical (unpaired) electrons. The minimum Gasteiger partial charge on any atom is -0.508 e. The van der Waals surface area contributed by atoms with Gasteiger partial charge in [-0.25, -0.2) is 14.4 Å². The fourth-order valence-corrected chi connectivity index (χ4v) is 12.7. The van der Waals surface area contributed by atoms with Gasteiger partial charge in [0.2, 0.25) is 23.7 Å². The van der Waals surface area contributed by atoms with E-state index < -0.39 is 23.9 Å². The molecule has 93 heavy (non-hydrogen) atoms. The van der Waals surface area contributed by atoms with Gasteiger partial charge in [-0.1, -0.05) is 68.8 Å². The molecule has 2 saturated heterocycles. The van der Waals surface area contributed by atoms with E-state index in [0.29, 0.717) is 131 Å². The van der Waals surface area contributed by atoms with Gasteiger partial charge in [0.15, 0.2) is 17.4 Å². The summed E-state index contributed by atoms with van der Waals surface area (Å²) in [5, 5.41) is 30.5. The molecule has 7 aromatic rings. The highest BCUT2D eigenvalue weighted by Gasteiger charge is 2.43. The van der Waals surface area contributed by atoms with E-state index in [1.54, 1.807) is 53.5 Å². The molecule has 0 aliphatic carbocycles. The molecule has 500 valence electrons. The number of aliphatic hydroxyl groups is 1. The number of nitrogens with zero attached hydrogens (tertiary/aromatic N) is 8. The van der Waals surface area contributed by atoms with Crippen molar-refractivity contribution in [3.63, 3.8) is 0 Å². The Hall–Kier alpha value is -7.62. The van der Waals surface area contributed by atoms with Crippen LogP contribution in [-0.4, -0.2) is 213 Å². The second-order valence-electron chi connectivity index (χ2n) is 23.4. The summed E-state index contributed by atoms with van der Waals surface area (Å²) in [4.78, 5) is 75.0. The number of hydrogen-bond donors (Lipinski definition) is 3. The number of carbonyl (C=O) groups is 4. The zero-order valence-corrected chi connectivity index (χ0v) is 55.3. The minimum atomic E-state index is -0.844. The van der Waals surface area contributed by atoms with Crippen LogP contribution in [0.1, 0.15) is 75.8 Å². The Morgan fingerprint density at radius 1 is 0.860 bits per heavy atom. The molecule has 0 spiro atoms. The first-order valence-corrected chi connectivity index (χ1v) is 32.6. The van der Waals surface area contributed by atoms with Crippen molar-refractivity contribution in [2.24, 2.45) is 5.92 Å². The number of Topliss-reactive ketones (excluding diaryl/α,β-unsaturated/α-hetero) is 1. The number of aromatic hydroxyl groups is 1. The number of aryl methyl sites for hydroxylation is 1. The van der Waals surface area contributed by atoms with Crippen molar-refractivity contribution in [3.8, 4) is 38.9 Å². The maximum atomic E-state index is 17.0. The van der Waals surface area contributed by atoms with Crippen molar-refractivity contribution in [2.75, 3.05) is 143 Å². The van der Waals surface area contributed by atoms with E-state index in [1.165, 1.54) is 17.9 Å². The normalized spacial score (nSPS) is 15.8. The van der Waals surface area contributed by atoms with Crippen LogP contribution in [-0.2, 0) is 42.9 Å². The van der Waals surface area contributed by atoms with Crippen molar-refractivity contribution in [1.82, 2.24) is 34.8 Å². The number of aliphatic hydroxyl groups excluding tert-OH is 1. The number of ether oxygens (including phenoxy) is 7. The SMILES string of the molecule is COc1cc(-c2scnc2C)ccc1[C@H](C)CC(=O)[C@@H]1C[C@@H](O)CN1C(=O)[C@@H](c1cc(OCCOCCOCCOCCOCCOCCN(C)C(=O)CCNc2nc(N3CCN(C(C)=O)CC3)c3cc(Cl)c(-c4cc(O)cc5ccccc45)c(F)c3n2)no1)C(C)C. The third kappa shape index (κ3) is 18.0. The second-order valence-corrected chi connectivity index (χ2v) is 24.7. The summed E-state index contributed by atoms with van der Waals surface area (Å²) in [6, 6.07) is 18.8. The lowest BCUT2D eigenvalue weighted by Crippen LogP contribution is -2.48. The zero-order chi connectivity index (χ0) is 66.1. The summed E-state index contributed by atoms with van der Waals surface area (Å²) in [5.74, 6) is -0.849. The Morgan fingerprint density at radius 2 is 1.54 bits per heavy atom. The van der Waals surface area contributed by atoms with E-state index in [0.717, 1.165) is 21.7 Å². The molecule has 0 unspecified atom stereocenters. The number of thiazole rings is 1. The van der Waals surface area contributed by atoms with Crippen molar-refractivity contribution in [2.45, 2.75) is 77.9 Å². The van der Waals surface area contributed by atoms with Gasteiger partial charge >= 0.3 is 0 Å². The number of methoxy groups -OCH3 is 1. The largest absolute Gasteiger partial charge is 0.508 e. The Bertz CT molecular complexity index is 3680. The highest BCUT2D eigenvalue weighted by atomic mass is 35.5. The number of halogens is 2. The fourth-order valence-electron chi connectivity index (χ4n) is 11.6. The molecule has 3 aromatic heterocycles. The van der Waals surface area contributed by atoms with E-state index in [4.69, 9.17) is 54.3 Å². The highest BCUT2D eigenvalue weighted by Crippen LogP contribution is 2.43. The lowest BCUT2D eigenvalue weighted by Gasteiger charge is -2.35. The van der Waals surface area contributed by atoms with Crippen molar-refractivity contribution in [1.29, 1.82) is 0 Å². The fraction of sp³-hybridized carbons (Fsp3) is 0.493. The third-order valence-corrected chi connectivity index (χ3v) is 17.8. The van der Waals surface area contributed by atoms with Gasteiger partial charge in [0.1, 0.15) is 35.4 Å². The van der Waals surface area contributed by atoms with E-state index in [1.807, 2.05) is 80.6 Å². The van der Waals surface area contributed by atoms with Gasteiger partial charge in [0.25, 0.3) is 5.88 Å². The number of nitrogens with one attached hydrogen (secondary N) is 1. The number of fused-ring (bicyclic) bond motifs is 2. The molecule has 23 nitrogen and oxygen atoms in total. The van der Waals surface area contributed by atoms with Crippen LogP contribution in [0.25, 0.3) is 43.2 Å². The number of anilines is 2. The van der Waals surface area contributed by atoms with E-state index in [2.05, 4.69) is 20.4 Å². The first-order chi connectivity index (χ1) is 44.9. The number of phenolic OH excluding ortho intramolecular Hbond substituents is 1. The summed E-state index contributed by atoms with van der Waals surface area (Å²) in [7, 11) is 3.30. The quantitative estimate of drug-likeness (QED) is 0.0318. The smallest absolute Gasteiger partial charge is 0.254 e. The van der Waals surface area contributed by atoms with Gasteiger partial charge in [0.05, 0.1) is 106 Å². The number of likely N-dealkylation sites (N-methyl/N-ethyl adjacent to an activating group) is 1. The molecular formula is C67H83ClFN9O14S. The molecular weight excluding hydrogens is 1240 g/mol. The van der Waals surface area contributed by atoms with Crippen LogP contribution in [0.3, 0.4) is 0 Å². The van der Waals surface area contributed by atoms with Crippen molar-refractivity contribution < 1.29 is 71.5 Å². The monoisotopic (exact) mass is 1320 g/mol. The standard InChI is InChI=1S/C67H83ClFN9O14S/c1-41(2)60(66(84)78-39-48(81)36-54(78)55(82)32-42(3)49-13-12-46(34-56(49)85-7)64-43(4)71-40-93-64)57-38-58(74-92-57)91-31-30-90-29-28-89-27-26-88-25-24-87-23-22-86-21-20-75(6)59(83)14-15-70-67-72-63-52(65(73-67)77-18-16-76(17-19-77)44(5)79)37-53(68)61(62(63)69)51-35-47(80)33-45-10-8-9-11-50(45)51/h8-13,33-35,37-38,40-42,48,54,60,80-81H,14-32,36,39H2,1-7H3,(H,70,72,73)/t42-,48-,54+,60-/m1/s1. The number of rotatable bonds is 34. The molecule has 3 N–H and O–H groups in total. The van der Waals surface area contributed by atoms with Crippen LogP contribution in [0, 0.1) is 18.7 Å². The van der Waals surface area contributed by atoms with Gasteiger partial charge < -0.3 is 72.8 Å². The Kier molecular flexibility index (Phi) is 25.1. The summed E-state index contributed by atoms with van der Waals surface area (Å²) in [6.45, 7) is 15.1. The van der Waals surface area contributed by atoms with Gasteiger partial charge in [-0.3, -0.25) is 19.2 Å². The number of ketones is 1. The number of aromatic nitrogens is 4. The lowest BCUT2D eigenvalue weighted by atomic mass is 9.89. The average Bonchev–Trinajstić information content (AvgIpc) is 1.07. The number of piperazine rings is 1. The number of phenols is 1. The molecule has 0 bridgehead atoms. The summed E-state index contributed by atoms with van der Waals surface area (Å²) in [6.07, 6.45) is -0.448. The van der Waals surface area contributed by atoms with E-state index in [9.17, 15) is 29.4 Å². The third-order valence-electron chi connectivity index (χ3n) is 16.5. The number of likely N-dealkylation sites (tertiary alicyclic amines) is 1. The summed E-state index contributed by atoms with van der Waals surface area (Å²) in [5.41, 5.74) is 5.11. The van der Waals surface area contributed by atoms with Crippen LogP contribution in [0.2, 0.25) is 5.02 Å². The Balaban J connectivity index is 0.613. The molecule has 9 rings (SSSR count). The molecule has 5 heterocycles. The van der Waals surface area contributed by atoms with Gasteiger partial charge in [-0.15, -0.1) is 11.3 Å². The molecule has 2 aliphatic heterocycles. The molecule has 2 aliphatic rings. The number of carbonyl (C=O) groups excluding carboxylic acids is 4. The zero-order valence-electron chi connectivity index (χ0n) is 53.7. The van der Waals surface area contributed by atoms with Crippen molar-refractivity contribution >= 4 is 79.9 Å². The molecule has 0 saturated carbocycles. The Morgan fingerprint density at radius 3 is 2.19 bits per heavy atom. The number of amides is 3. The summed E-state index contributed by atoms with van der Waals surface area (Å²) >= 11 is 8.43. The van der Waals surface area contributed by atoms with Crippen LogP contribution >= 0.6 is 22.9 Å². The first kappa shape index (κ1) is 69.7. The van der Waals surface area contributed by atoms with Crippen LogP contribution < -0.4 is 19.7 Å². The van der Waals surface area contributed by atoms with Gasteiger partial charge in [-0.2, -0.15) is 4.98 Å². The van der Waals surface area contributed by atoms with Gasteiger partial charge in [0, 0.05) is 96.1 Å². The van der Waals surface area contributed by atoms with Crippen LogP contribution in [0.15, 0.2) is 76.8 Å². The number of hydrogen-bond acceptors (Lipinski definition) is 21. The maximum absolute atomic E-state index is 17.0. The highest BCUT2D eigenvalue weighted by molar-refractivity contribution is 7.13. The molecule has 26 heteroatoms. The second kappa shape index (κ2) is 33.5. The molecule has 3 amide bonds. The molecule has 2 fully saturated rings. The predicted octanol–water partition coefficient (Wildman–Crippen LogP) is 8.93. The predicted molar refractivity (Wildman–Crippen MR) is 351 cm³/mol. The maximum Gasteiger partial charge on any atom is 0.254 e. The molecule has 4 atom stereocenters. The minimum absolute atomic E-state index is 0.0144. The van der Waals surface area contributed by atoms with E-state index in [-0.39, 0.29) is 115 Å². The van der Waals surface area contributed by atoms with Gasteiger partial charge in [-0.05, 0) is 75.6 Å². The number of β-amino-alcohol motifs (C(OH)–C–C–N with tert-alkyl or cyclic N) is 1. The first-order valence-electron chi connectivity index (χ1n) is 31.4. The van der Waals surface area contributed by atoms with Crippen molar-refractivity contribution in [3.05, 3.63) is 100 Å². The Labute approximate surface area is 549 Å². The van der Waals surface area contributed by atoms with Crippen LogP contribution in [0.4, 0.5) is 16.2 Å².